The molecule has 1 aliphatic rings. The van der Waals surface area contributed by atoms with Gasteiger partial charge in [0.15, 0.2) is 0 Å². The Balaban J connectivity index is 1.84. The second kappa shape index (κ2) is 6.85. The minimum atomic E-state index is -4.29. The first kappa shape index (κ1) is 20.3. The highest BCUT2D eigenvalue weighted by Crippen LogP contribution is 2.49. The van der Waals surface area contributed by atoms with E-state index < -0.39 is 32.6 Å². The van der Waals surface area contributed by atoms with Crippen molar-refractivity contribution in [3.8, 4) is 0 Å². The molecule has 0 aromatic heterocycles. The fourth-order valence-electron chi connectivity index (χ4n) is 3.05. The molecule has 2 aromatic rings. The molecule has 0 aliphatic heterocycles. The van der Waals surface area contributed by atoms with Crippen LogP contribution in [-0.4, -0.2) is 35.9 Å². The highest BCUT2D eigenvalue weighted by Gasteiger charge is 2.48. The molecule has 1 N–H and O–H groups in total. The molecule has 0 radical (unpaired) electrons. The maximum Gasteiger partial charge on any atom is 0.253 e. The van der Waals surface area contributed by atoms with Gasteiger partial charge < -0.3 is 4.57 Å². The quantitative estimate of drug-likeness (QED) is 0.684. The summed E-state index contributed by atoms with van der Waals surface area (Å²) >= 11 is 0. The molecule has 2 aromatic carbocycles. The Morgan fingerprint density at radius 2 is 1.59 bits per heavy atom. The first-order valence-electron chi connectivity index (χ1n) is 8.41. The summed E-state index contributed by atoms with van der Waals surface area (Å²) in [6.45, 7) is 3.05. The molecule has 1 saturated carbocycles. The number of hydrogen-bond donors (Lipinski definition) is 1. The van der Waals surface area contributed by atoms with E-state index in [4.69, 9.17) is 0 Å². The Hall–Kier alpha value is -1.47. The lowest BCUT2D eigenvalue weighted by atomic mass is 9.99. The average molecular weight is 427 g/mol. The molecule has 0 heterocycles. The van der Waals surface area contributed by atoms with E-state index in [0.717, 1.165) is 5.56 Å². The third-order valence-corrected chi connectivity index (χ3v) is 9.91. The minimum absolute atomic E-state index is 0.211. The van der Waals surface area contributed by atoms with Crippen molar-refractivity contribution in [3.05, 3.63) is 60.2 Å². The van der Waals surface area contributed by atoms with E-state index in [9.17, 15) is 21.4 Å². The van der Waals surface area contributed by atoms with E-state index in [0.29, 0.717) is 18.1 Å². The van der Waals surface area contributed by atoms with E-state index in [1.807, 2.05) is 34.5 Å². The zero-order valence-corrected chi connectivity index (χ0v) is 17.6. The van der Waals surface area contributed by atoms with E-state index in [2.05, 4.69) is 0 Å². The lowest BCUT2D eigenvalue weighted by molar-refractivity contribution is 0.571. The molecular weight excluding hydrogens is 405 g/mol. The van der Waals surface area contributed by atoms with Crippen LogP contribution < -0.4 is 9.43 Å². The Labute approximate surface area is 160 Å². The van der Waals surface area contributed by atoms with Gasteiger partial charge in [0.05, 0.1) is 10.6 Å². The summed E-state index contributed by atoms with van der Waals surface area (Å²) in [6.07, 6.45) is 1.39. The third-order valence-electron chi connectivity index (χ3n) is 4.69. The Morgan fingerprint density at radius 3 is 2.15 bits per heavy atom. The van der Waals surface area contributed by atoms with Crippen molar-refractivity contribution in [2.45, 2.75) is 23.2 Å². The molecule has 0 spiro atoms. The van der Waals surface area contributed by atoms with Gasteiger partial charge in [0.2, 0.25) is 10.0 Å². The second-order valence-electron chi connectivity index (χ2n) is 7.34. The molecule has 0 unspecified atom stereocenters. The van der Waals surface area contributed by atoms with Crippen molar-refractivity contribution in [2.75, 3.05) is 19.1 Å². The van der Waals surface area contributed by atoms with Gasteiger partial charge in [-0.3, -0.25) is 0 Å². The van der Waals surface area contributed by atoms with E-state index in [1.54, 1.807) is 6.07 Å². The molecular formula is C18H22NO5PS2. The zero-order valence-electron chi connectivity index (χ0n) is 15.1. The summed E-state index contributed by atoms with van der Waals surface area (Å²) < 4.78 is 64.4. The minimum Gasteiger partial charge on any atom is -0.319 e. The Bertz CT molecular complexity index is 1100. The maximum absolute atomic E-state index is 12.6. The van der Waals surface area contributed by atoms with Gasteiger partial charge in [-0.15, -0.1) is 4.13 Å². The SMILES string of the molecule is CP(C)(=O)c1cccc(S(=O)(=O)NS(=O)(=O)CC2(c3ccccc3)CC2)c1. The summed E-state index contributed by atoms with van der Waals surface area (Å²) in [6, 6.07) is 14.8. The number of rotatable bonds is 7. The predicted octanol–water partition coefficient (Wildman–Crippen LogP) is 2.27. The van der Waals surface area contributed by atoms with Crippen LogP contribution in [0.3, 0.4) is 0 Å². The van der Waals surface area contributed by atoms with Crippen LogP contribution >= 0.6 is 7.14 Å². The molecule has 0 bridgehead atoms. The van der Waals surface area contributed by atoms with Crippen LogP contribution in [0.4, 0.5) is 0 Å². The Morgan fingerprint density at radius 1 is 0.963 bits per heavy atom. The van der Waals surface area contributed by atoms with Crippen LogP contribution in [0, 0.1) is 0 Å². The molecule has 0 atom stereocenters. The first-order valence-corrected chi connectivity index (χ1v) is 14.1. The van der Waals surface area contributed by atoms with Gasteiger partial charge in [-0.1, -0.05) is 42.5 Å². The topological polar surface area (TPSA) is 97.4 Å². The average Bonchev–Trinajstić information content (AvgIpc) is 3.34. The van der Waals surface area contributed by atoms with Crippen molar-refractivity contribution >= 4 is 32.5 Å². The second-order valence-corrected chi connectivity index (χ2v) is 14.2. The normalized spacial score (nSPS) is 16.8. The van der Waals surface area contributed by atoms with Gasteiger partial charge in [-0.05, 0) is 43.9 Å². The van der Waals surface area contributed by atoms with Crippen molar-refractivity contribution in [2.24, 2.45) is 0 Å². The van der Waals surface area contributed by atoms with Gasteiger partial charge in [0.1, 0.15) is 7.14 Å². The fourth-order valence-corrected chi connectivity index (χ4v) is 7.72. The highest BCUT2D eigenvalue weighted by molar-refractivity contribution is 8.04. The van der Waals surface area contributed by atoms with Crippen molar-refractivity contribution in [1.82, 2.24) is 4.13 Å². The number of sulfonamides is 2. The van der Waals surface area contributed by atoms with Crippen LogP contribution in [0.2, 0.25) is 0 Å². The first-order chi connectivity index (χ1) is 12.4. The molecule has 146 valence electrons. The summed E-state index contributed by atoms with van der Waals surface area (Å²) in [7, 11) is -11.0. The highest BCUT2D eigenvalue weighted by atomic mass is 32.3. The van der Waals surface area contributed by atoms with Crippen LogP contribution in [-0.2, 0) is 30.0 Å². The molecule has 27 heavy (non-hydrogen) atoms. The third kappa shape index (κ3) is 4.69. The number of benzene rings is 2. The molecule has 6 nitrogen and oxygen atoms in total. The van der Waals surface area contributed by atoms with Crippen molar-refractivity contribution in [1.29, 1.82) is 0 Å². The van der Waals surface area contributed by atoms with Crippen molar-refractivity contribution < 1.29 is 21.4 Å². The zero-order chi connectivity index (χ0) is 19.9. The monoisotopic (exact) mass is 427 g/mol. The standard InChI is InChI=1S/C18H22NO5PS2/c1-25(2,20)16-9-6-10-17(13-16)27(23,24)19-26(21,22)14-18(11-12-18)15-7-4-3-5-8-15/h3-10,13,19H,11-12,14H2,1-2H3. The van der Waals surface area contributed by atoms with E-state index >= 15 is 0 Å². The molecule has 1 aliphatic carbocycles. The predicted molar refractivity (Wildman–Crippen MR) is 107 cm³/mol. The lowest BCUT2D eigenvalue weighted by Gasteiger charge is -2.17. The fraction of sp³-hybridized carbons (Fsp3) is 0.333. The van der Waals surface area contributed by atoms with Gasteiger partial charge in [0.25, 0.3) is 10.0 Å². The van der Waals surface area contributed by atoms with E-state index in [1.165, 1.54) is 31.5 Å². The molecule has 0 saturated heterocycles. The number of nitrogens with one attached hydrogen (secondary N) is 1. The summed E-state index contributed by atoms with van der Waals surface area (Å²) in [5.41, 5.74) is 0.361. The number of hydrogen-bond acceptors (Lipinski definition) is 5. The molecule has 3 rings (SSSR count). The summed E-state index contributed by atoms with van der Waals surface area (Å²) in [5.74, 6) is -0.289. The molecule has 0 amide bonds. The largest absolute Gasteiger partial charge is 0.319 e. The van der Waals surface area contributed by atoms with Crippen LogP contribution in [0.1, 0.15) is 18.4 Å². The summed E-state index contributed by atoms with van der Waals surface area (Å²) in [5, 5.41) is 0.380. The van der Waals surface area contributed by atoms with Gasteiger partial charge >= 0.3 is 0 Å². The van der Waals surface area contributed by atoms with Crippen LogP contribution in [0.25, 0.3) is 0 Å². The maximum atomic E-state index is 12.6. The Kier molecular flexibility index (Phi) is 5.14. The van der Waals surface area contributed by atoms with Crippen LogP contribution in [0.5, 0.6) is 0 Å². The van der Waals surface area contributed by atoms with E-state index in [-0.39, 0.29) is 10.6 Å². The van der Waals surface area contributed by atoms with Gasteiger partial charge in [-0.2, -0.15) is 0 Å². The van der Waals surface area contributed by atoms with Gasteiger partial charge in [0, 0.05) is 10.7 Å². The molecule has 1 fully saturated rings. The smallest absolute Gasteiger partial charge is 0.253 e. The summed E-state index contributed by atoms with van der Waals surface area (Å²) in [4.78, 5) is -0.211. The van der Waals surface area contributed by atoms with Crippen LogP contribution in [0.15, 0.2) is 59.5 Å². The van der Waals surface area contributed by atoms with Crippen molar-refractivity contribution in [3.63, 3.8) is 0 Å². The van der Waals surface area contributed by atoms with Gasteiger partial charge in [-0.25, -0.2) is 16.8 Å². The molecule has 9 heteroatoms. The lowest BCUT2D eigenvalue weighted by Crippen LogP contribution is -2.36.